The van der Waals surface area contributed by atoms with Gasteiger partial charge in [0, 0.05) is 26.2 Å². The molecule has 0 spiro atoms. The van der Waals surface area contributed by atoms with Crippen LogP contribution in [0, 0.1) is 0 Å². The number of guanidine groups is 1. The predicted molar refractivity (Wildman–Crippen MR) is 129 cm³/mol. The Balaban J connectivity index is 0.00000392. The standard InChI is InChI=1S/C22H38N4O.HI/c1-2-3-4-5-6-9-14-24-22(23)25-17-19-10-7-8-11-20(19)18-26-15-12-21(27)13-16-26;/h7-8,10-11,21,27H,2-6,9,12-18H2,1H3,(H3,23,24,25);1H. The molecule has 0 radical (unpaired) electrons. The van der Waals surface area contributed by atoms with E-state index in [-0.39, 0.29) is 30.1 Å². The van der Waals surface area contributed by atoms with Crippen molar-refractivity contribution < 1.29 is 5.11 Å². The van der Waals surface area contributed by atoms with Gasteiger partial charge in [-0.2, -0.15) is 0 Å². The summed E-state index contributed by atoms with van der Waals surface area (Å²) in [4.78, 5) is 6.94. The average molecular weight is 502 g/mol. The molecule has 5 nitrogen and oxygen atoms in total. The lowest BCUT2D eigenvalue weighted by Gasteiger charge is -2.30. The Morgan fingerprint density at radius 2 is 1.75 bits per heavy atom. The maximum absolute atomic E-state index is 9.67. The molecule has 0 aliphatic carbocycles. The molecule has 0 amide bonds. The highest BCUT2D eigenvalue weighted by atomic mass is 127. The fraction of sp³-hybridized carbons (Fsp3) is 0.682. The van der Waals surface area contributed by atoms with Gasteiger partial charge in [-0.15, -0.1) is 24.0 Å². The summed E-state index contributed by atoms with van der Waals surface area (Å²) >= 11 is 0. The van der Waals surface area contributed by atoms with Gasteiger partial charge >= 0.3 is 0 Å². The number of rotatable bonds is 11. The van der Waals surface area contributed by atoms with E-state index in [4.69, 9.17) is 5.73 Å². The smallest absolute Gasteiger partial charge is 0.188 e. The van der Waals surface area contributed by atoms with Gasteiger partial charge < -0.3 is 16.2 Å². The predicted octanol–water partition coefficient (Wildman–Crippen LogP) is 4.03. The summed E-state index contributed by atoms with van der Waals surface area (Å²) in [7, 11) is 0. The molecule has 1 aliphatic heterocycles. The molecule has 1 aliphatic rings. The Labute approximate surface area is 188 Å². The number of aliphatic hydroxyl groups excluding tert-OH is 1. The lowest BCUT2D eigenvalue weighted by atomic mass is 10.0. The molecule has 2 rings (SSSR count). The molecule has 1 heterocycles. The largest absolute Gasteiger partial charge is 0.393 e. The molecule has 28 heavy (non-hydrogen) atoms. The highest BCUT2D eigenvalue weighted by Crippen LogP contribution is 2.17. The van der Waals surface area contributed by atoms with Crippen molar-refractivity contribution in [2.45, 2.75) is 77.5 Å². The second-order valence-corrected chi connectivity index (χ2v) is 7.67. The lowest BCUT2D eigenvalue weighted by Crippen LogP contribution is -2.35. The number of piperidine rings is 1. The van der Waals surface area contributed by atoms with Crippen LogP contribution in [-0.4, -0.2) is 41.7 Å². The number of aliphatic imine (C=N–C) groups is 1. The first-order valence-corrected chi connectivity index (χ1v) is 10.7. The van der Waals surface area contributed by atoms with Gasteiger partial charge in [0.05, 0.1) is 12.6 Å². The Bertz CT molecular complexity index is 559. The molecule has 1 fully saturated rings. The highest BCUT2D eigenvalue weighted by Gasteiger charge is 2.17. The second kappa shape index (κ2) is 15.0. The van der Waals surface area contributed by atoms with Gasteiger partial charge in [0.15, 0.2) is 5.96 Å². The third-order valence-electron chi connectivity index (χ3n) is 5.33. The quantitative estimate of drug-likeness (QED) is 0.185. The van der Waals surface area contributed by atoms with Crippen LogP contribution in [0.1, 0.15) is 69.4 Å². The monoisotopic (exact) mass is 502 g/mol. The minimum absolute atomic E-state index is 0. The van der Waals surface area contributed by atoms with Crippen LogP contribution >= 0.6 is 24.0 Å². The molecule has 1 aromatic rings. The van der Waals surface area contributed by atoms with Gasteiger partial charge in [0.2, 0.25) is 0 Å². The van der Waals surface area contributed by atoms with Crippen molar-refractivity contribution in [3.8, 4) is 0 Å². The minimum Gasteiger partial charge on any atom is -0.393 e. The van der Waals surface area contributed by atoms with Crippen molar-refractivity contribution in [3.63, 3.8) is 0 Å². The molecule has 1 saturated heterocycles. The van der Waals surface area contributed by atoms with Crippen molar-refractivity contribution >= 4 is 29.9 Å². The van der Waals surface area contributed by atoms with E-state index in [2.05, 4.69) is 46.4 Å². The molecular weight excluding hydrogens is 463 g/mol. The number of hydrogen-bond acceptors (Lipinski definition) is 3. The summed E-state index contributed by atoms with van der Waals surface area (Å²) in [6.45, 7) is 6.60. The van der Waals surface area contributed by atoms with Crippen molar-refractivity contribution in [2.75, 3.05) is 19.6 Å². The summed E-state index contributed by atoms with van der Waals surface area (Å²) in [6.07, 6.45) is 9.31. The fourth-order valence-corrected chi connectivity index (χ4v) is 3.53. The molecule has 0 bridgehead atoms. The zero-order valence-corrected chi connectivity index (χ0v) is 19.7. The van der Waals surface area contributed by atoms with Crippen molar-refractivity contribution in [1.29, 1.82) is 0 Å². The van der Waals surface area contributed by atoms with E-state index in [0.717, 1.165) is 45.4 Å². The van der Waals surface area contributed by atoms with Gasteiger partial charge in [0.1, 0.15) is 0 Å². The van der Waals surface area contributed by atoms with E-state index in [1.165, 1.54) is 43.2 Å². The lowest BCUT2D eigenvalue weighted by molar-refractivity contribution is 0.0791. The SMILES string of the molecule is CCCCCCCCNC(N)=NCc1ccccc1CN1CCC(O)CC1.I. The summed E-state index contributed by atoms with van der Waals surface area (Å²) in [6, 6.07) is 8.46. The first kappa shape index (κ1) is 25.2. The molecule has 160 valence electrons. The zero-order valence-electron chi connectivity index (χ0n) is 17.4. The number of hydrogen-bond donors (Lipinski definition) is 3. The van der Waals surface area contributed by atoms with Crippen LogP contribution in [0.3, 0.4) is 0 Å². The van der Waals surface area contributed by atoms with E-state index in [1.54, 1.807) is 0 Å². The number of unbranched alkanes of at least 4 members (excludes halogenated alkanes) is 5. The Morgan fingerprint density at radius 3 is 2.46 bits per heavy atom. The van der Waals surface area contributed by atoms with Crippen LogP contribution in [0.5, 0.6) is 0 Å². The van der Waals surface area contributed by atoms with E-state index in [1.807, 2.05) is 0 Å². The van der Waals surface area contributed by atoms with Gasteiger partial charge in [-0.25, -0.2) is 4.99 Å². The third kappa shape index (κ3) is 10.1. The number of halogens is 1. The third-order valence-corrected chi connectivity index (χ3v) is 5.33. The van der Waals surface area contributed by atoms with E-state index >= 15 is 0 Å². The molecule has 0 atom stereocenters. The normalized spacial score (nSPS) is 16.0. The average Bonchev–Trinajstić information content (AvgIpc) is 2.68. The van der Waals surface area contributed by atoms with E-state index < -0.39 is 0 Å². The summed E-state index contributed by atoms with van der Waals surface area (Å²) < 4.78 is 0. The van der Waals surface area contributed by atoms with E-state index in [0.29, 0.717) is 12.5 Å². The number of nitrogens with zero attached hydrogens (tertiary/aromatic N) is 2. The van der Waals surface area contributed by atoms with Crippen LogP contribution in [0.4, 0.5) is 0 Å². The van der Waals surface area contributed by atoms with Crippen molar-refractivity contribution in [3.05, 3.63) is 35.4 Å². The molecular formula is C22H39IN4O. The van der Waals surface area contributed by atoms with Crippen LogP contribution in [0.15, 0.2) is 29.3 Å². The summed E-state index contributed by atoms with van der Waals surface area (Å²) in [5.41, 5.74) is 8.57. The van der Waals surface area contributed by atoms with Crippen molar-refractivity contribution in [1.82, 2.24) is 10.2 Å². The number of aliphatic hydroxyl groups is 1. The van der Waals surface area contributed by atoms with Gasteiger partial charge in [-0.3, -0.25) is 4.90 Å². The van der Waals surface area contributed by atoms with Gasteiger partial charge in [0.25, 0.3) is 0 Å². The molecule has 0 saturated carbocycles. The van der Waals surface area contributed by atoms with Gasteiger partial charge in [-0.05, 0) is 30.4 Å². The van der Waals surface area contributed by atoms with Crippen LogP contribution in [0.2, 0.25) is 0 Å². The Morgan fingerprint density at radius 1 is 1.11 bits per heavy atom. The van der Waals surface area contributed by atoms with E-state index in [9.17, 15) is 5.11 Å². The number of benzene rings is 1. The number of nitrogens with one attached hydrogen (secondary N) is 1. The Hall–Kier alpha value is -0.860. The highest BCUT2D eigenvalue weighted by molar-refractivity contribution is 14.0. The molecule has 0 unspecified atom stereocenters. The topological polar surface area (TPSA) is 73.9 Å². The Kier molecular flexibility index (Phi) is 13.5. The summed E-state index contributed by atoms with van der Waals surface area (Å²) in [5, 5.41) is 12.9. The molecule has 1 aromatic carbocycles. The number of likely N-dealkylation sites (tertiary alicyclic amines) is 1. The molecule has 6 heteroatoms. The van der Waals surface area contributed by atoms with Crippen molar-refractivity contribution in [2.24, 2.45) is 10.7 Å². The fourth-order valence-electron chi connectivity index (χ4n) is 3.53. The molecule has 0 aromatic heterocycles. The molecule has 4 N–H and O–H groups in total. The van der Waals surface area contributed by atoms with Gasteiger partial charge in [-0.1, -0.05) is 63.3 Å². The zero-order chi connectivity index (χ0) is 19.3. The second-order valence-electron chi connectivity index (χ2n) is 7.67. The van der Waals surface area contributed by atoms with Crippen LogP contribution in [-0.2, 0) is 13.1 Å². The minimum atomic E-state index is -0.126. The first-order valence-electron chi connectivity index (χ1n) is 10.7. The maximum atomic E-state index is 9.67. The summed E-state index contributed by atoms with van der Waals surface area (Å²) in [5.74, 6) is 0.541. The van der Waals surface area contributed by atoms with Crippen LogP contribution < -0.4 is 11.1 Å². The first-order chi connectivity index (χ1) is 13.2. The number of nitrogens with two attached hydrogens (primary N) is 1. The van der Waals surface area contributed by atoms with Crippen LogP contribution in [0.25, 0.3) is 0 Å². The maximum Gasteiger partial charge on any atom is 0.188 e.